The summed E-state index contributed by atoms with van der Waals surface area (Å²) >= 11 is 3.40. The lowest BCUT2D eigenvalue weighted by Gasteiger charge is -2.29. The van der Waals surface area contributed by atoms with E-state index in [1.165, 1.54) is 0 Å². The third-order valence-corrected chi connectivity index (χ3v) is 5.59. The van der Waals surface area contributed by atoms with Gasteiger partial charge in [0.05, 0.1) is 0 Å². The minimum absolute atomic E-state index is 0.0109. The van der Waals surface area contributed by atoms with Gasteiger partial charge in [-0.05, 0) is 79.1 Å². The van der Waals surface area contributed by atoms with Crippen LogP contribution in [-0.2, 0) is 16.0 Å². The lowest BCUT2D eigenvalue weighted by molar-refractivity contribution is -0.121. The van der Waals surface area contributed by atoms with Crippen LogP contribution >= 0.6 is 15.9 Å². The van der Waals surface area contributed by atoms with E-state index in [1.807, 2.05) is 32.9 Å². The number of ether oxygens (including phenoxy) is 1. The Hall–Kier alpha value is -1.63. The quantitative estimate of drug-likeness (QED) is 0.702. The molecule has 2 fully saturated rings. The minimum Gasteiger partial charge on any atom is -0.444 e. The van der Waals surface area contributed by atoms with Crippen LogP contribution in [0.25, 0.3) is 0 Å². The molecule has 2 heterocycles. The molecule has 7 heteroatoms. The zero-order valence-electron chi connectivity index (χ0n) is 16.6. The van der Waals surface area contributed by atoms with Gasteiger partial charge in [-0.3, -0.25) is 9.69 Å². The van der Waals surface area contributed by atoms with Crippen LogP contribution in [0.1, 0.15) is 59.4 Å². The van der Waals surface area contributed by atoms with Gasteiger partial charge in [-0.15, -0.1) is 0 Å². The number of amides is 2. The average Bonchev–Trinajstić information content (AvgIpc) is 3.06. The van der Waals surface area contributed by atoms with E-state index in [-0.39, 0.29) is 17.4 Å². The zero-order chi connectivity index (χ0) is 20.0. The Kier molecular flexibility index (Phi) is 5.27. The van der Waals surface area contributed by atoms with Gasteiger partial charge in [0, 0.05) is 6.04 Å². The van der Waals surface area contributed by atoms with Crippen LogP contribution in [0.15, 0.2) is 16.7 Å². The van der Waals surface area contributed by atoms with E-state index in [0.29, 0.717) is 16.8 Å². The Bertz CT molecular complexity index is 761. The molecule has 3 atom stereocenters. The summed E-state index contributed by atoms with van der Waals surface area (Å²) in [5, 5.41) is 2.90. The van der Waals surface area contributed by atoms with E-state index in [4.69, 9.17) is 4.74 Å². The lowest BCUT2D eigenvalue weighted by Crippen LogP contribution is -2.47. The number of hydrogen-bond donors (Lipinski definition) is 1. The number of nitrogens with zero attached hydrogens (tertiary/aromatic N) is 2. The highest BCUT2D eigenvalue weighted by atomic mass is 79.9. The molecule has 1 aliphatic carbocycles. The fourth-order valence-corrected chi connectivity index (χ4v) is 4.32. The lowest BCUT2D eigenvalue weighted by atomic mass is 10.0. The number of carbonyl (C=O) groups is 2. The number of hydrogen-bond acceptors (Lipinski definition) is 4. The predicted octanol–water partition coefficient (Wildman–Crippen LogP) is 4.52. The molecular formula is C20H28BrN3O3. The molecule has 27 heavy (non-hydrogen) atoms. The average molecular weight is 438 g/mol. The molecule has 1 N–H and O–H groups in total. The van der Waals surface area contributed by atoms with E-state index in [0.717, 1.165) is 24.8 Å². The maximum atomic E-state index is 13.0. The molecule has 0 radical (unpaired) electrons. The number of fused-ring (bicyclic) bond motifs is 1. The van der Waals surface area contributed by atoms with Gasteiger partial charge in [0.1, 0.15) is 22.1 Å². The minimum atomic E-state index is -0.590. The molecule has 148 valence electrons. The Morgan fingerprint density at radius 3 is 2.70 bits per heavy atom. The van der Waals surface area contributed by atoms with Crippen LogP contribution in [0.5, 0.6) is 0 Å². The van der Waals surface area contributed by atoms with Crippen LogP contribution in [0.2, 0.25) is 0 Å². The molecule has 6 nitrogen and oxygen atoms in total. The first-order valence-electron chi connectivity index (χ1n) is 9.51. The van der Waals surface area contributed by atoms with Crippen LogP contribution in [-0.4, -0.2) is 39.6 Å². The van der Waals surface area contributed by atoms with Gasteiger partial charge in [0.15, 0.2) is 0 Å². The number of anilines is 1. The van der Waals surface area contributed by atoms with Crippen LogP contribution in [0.4, 0.5) is 10.6 Å². The van der Waals surface area contributed by atoms with Gasteiger partial charge >= 0.3 is 6.09 Å². The molecule has 0 spiro atoms. The monoisotopic (exact) mass is 437 g/mol. The summed E-state index contributed by atoms with van der Waals surface area (Å²) in [5.74, 6) is 0.301. The van der Waals surface area contributed by atoms with Crippen molar-refractivity contribution in [2.75, 3.05) is 5.32 Å². The largest absolute Gasteiger partial charge is 0.444 e. The molecule has 1 aromatic heterocycles. The summed E-state index contributed by atoms with van der Waals surface area (Å²) in [6, 6.07) is 3.40. The first-order chi connectivity index (χ1) is 12.5. The molecule has 0 bridgehead atoms. The molecule has 3 rings (SSSR count). The summed E-state index contributed by atoms with van der Waals surface area (Å²) < 4.78 is 6.24. The molecule has 2 aliphatic rings. The predicted molar refractivity (Wildman–Crippen MR) is 108 cm³/mol. The first kappa shape index (κ1) is 20.1. The second-order valence-electron chi connectivity index (χ2n) is 8.90. The van der Waals surface area contributed by atoms with Crippen LogP contribution in [0.3, 0.4) is 0 Å². The van der Waals surface area contributed by atoms with Crippen molar-refractivity contribution in [2.45, 2.75) is 78.0 Å². The molecule has 1 aromatic rings. The standard InChI is InChI=1S/C20H28BrN3O3/c1-6-7-12-8-15(21)22-16(9-12)23-17(25)13-10-20(5)11-14(20)24(13)18(26)27-19(2,3)4/h8-9,13-14H,6-7,10-11H2,1-5H3,(H,22,23,25)/t13-,14?,20-/m0/s1. The molecule has 2 amide bonds. The van der Waals surface area contributed by atoms with Gasteiger partial charge in [0.25, 0.3) is 0 Å². The number of likely N-dealkylation sites (tertiary alicyclic amines) is 1. The van der Waals surface area contributed by atoms with Crippen LogP contribution in [0, 0.1) is 5.41 Å². The number of pyridine rings is 1. The maximum absolute atomic E-state index is 13.0. The van der Waals surface area contributed by atoms with Crippen molar-refractivity contribution in [2.24, 2.45) is 5.41 Å². The van der Waals surface area contributed by atoms with Crippen molar-refractivity contribution in [3.63, 3.8) is 0 Å². The van der Waals surface area contributed by atoms with Crippen LogP contribution < -0.4 is 5.32 Å². The first-order valence-corrected chi connectivity index (χ1v) is 10.3. The highest BCUT2D eigenvalue weighted by Gasteiger charge is 2.65. The van der Waals surface area contributed by atoms with Gasteiger partial charge in [-0.25, -0.2) is 9.78 Å². The SMILES string of the molecule is CCCc1cc(Br)nc(NC(=O)[C@@H]2C[C@@]3(C)CC3N2C(=O)OC(C)(C)C)c1. The van der Waals surface area contributed by atoms with Crippen molar-refractivity contribution < 1.29 is 14.3 Å². The van der Waals surface area contributed by atoms with E-state index in [2.05, 4.69) is 40.1 Å². The van der Waals surface area contributed by atoms with E-state index >= 15 is 0 Å². The maximum Gasteiger partial charge on any atom is 0.411 e. The highest BCUT2D eigenvalue weighted by molar-refractivity contribution is 9.10. The number of nitrogens with one attached hydrogen (secondary N) is 1. The fourth-order valence-electron chi connectivity index (χ4n) is 3.84. The number of aromatic nitrogens is 1. The van der Waals surface area contributed by atoms with Gasteiger partial charge in [-0.2, -0.15) is 0 Å². The fraction of sp³-hybridized carbons (Fsp3) is 0.650. The smallest absolute Gasteiger partial charge is 0.411 e. The number of aryl methyl sites for hydroxylation is 1. The van der Waals surface area contributed by atoms with E-state index in [9.17, 15) is 9.59 Å². The van der Waals surface area contributed by atoms with Gasteiger partial charge in [-0.1, -0.05) is 20.3 Å². The number of carbonyl (C=O) groups excluding carboxylic acids is 2. The highest BCUT2D eigenvalue weighted by Crippen LogP contribution is 2.59. The Labute approximate surface area is 169 Å². The molecule has 1 saturated heterocycles. The molecule has 0 aromatic carbocycles. The van der Waals surface area contributed by atoms with Gasteiger partial charge < -0.3 is 10.1 Å². The second kappa shape index (κ2) is 7.08. The van der Waals surface area contributed by atoms with Crippen molar-refractivity contribution >= 4 is 33.7 Å². The third kappa shape index (κ3) is 4.45. The molecule has 1 unspecified atom stereocenters. The Balaban J connectivity index is 1.76. The zero-order valence-corrected chi connectivity index (χ0v) is 18.2. The van der Waals surface area contributed by atoms with Crippen molar-refractivity contribution in [3.8, 4) is 0 Å². The normalized spacial score (nSPS) is 26.5. The topological polar surface area (TPSA) is 71.5 Å². The summed E-state index contributed by atoms with van der Waals surface area (Å²) in [6.45, 7) is 9.74. The number of rotatable bonds is 4. The van der Waals surface area contributed by atoms with Gasteiger partial charge in [0.2, 0.25) is 5.91 Å². The summed E-state index contributed by atoms with van der Waals surface area (Å²) in [5.41, 5.74) is 0.532. The molecule has 1 aliphatic heterocycles. The van der Waals surface area contributed by atoms with E-state index in [1.54, 1.807) is 4.90 Å². The Morgan fingerprint density at radius 1 is 1.37 bits per heavy atom. The van der Waals surface area contributed by atoms with Crippen molar-refractivity contribution in [3.05, 3.63) is 22.3 Å². The van der Waals surface area contributed by atoms with Crippen molar-refractivity contribution in [1.29, 1.82) is 0 Å². The summed E-state index contributed by atoms with van der Waals surface area (Å²) in [7, 11) is 0. The van der Waals surface area contributed by atoms with E-state index < -0.39 is 17.7 Å². The second-order valence-corrected chi connectivity index (χ2v) is 9.72. The third-order valence-electron chi connectivity index (χ3n) is 5.19. The molecule has 1 saturated carbocycles. The molecular weight excluding hydrogens is 410 g/mol. The summed E-state index contributed by atoms with van der Waals surface area (Å²) in [4.78, 5) is 31.7. The Morgan fingerprint density at radius 2 is 2.07 bits per heavy atom. The number of halogens is 1. The van der Waals surface area contributed by atoms with Crippen molar-refractivity contribution in [1.82, 2.24) is 9.88 Å². The summed E-state index contributed by atoms with van der Waals surface area (Å²) in [6.07, 6.45) is 3.09. The number of piperidine rings is 1.